The van der Waals surface area contributed by atoms with Crippen LogP contribution < -0.4 is 5.32 Å². The van der Waals surface area contributed by atoms with Gasteiger partial charge in [-0.3, -0.25) is 9.59 Å². The van der Waals surface area contributed by atoms with Crippen LogP contribution in [0.2, 0.25) is 0 Å². The molecule has 6 heteroatoms. The Labute approximate surface area is 159 Å². The Morgan fingerprint density at radius 2 is 1.74 bits per heavy atom. The first-order chi connectivity index (χ1) is 12.7. The maximum atomic E-state index is 12.5. The van der Waals surface area contributed by atoms with Gasteiger partial charge in [-0.25, -0.2) is 4.79 Å². The molecule has 1 amide bonds. The van der Waals surface area contributed by atoms with E-state index in [1.165, 1.54) is 0 Å². The molecule has 0 aliphatic carbocycles. The van der Waals surface area contributed by atoms with Crippen molar-refractivity contribution < 1.29 is 19.1 Å². The molecular weight excluding hydrogens is 344 g/mol. The van der Waals surface area contributed by atoms with Crippen molar-refractivity contribution in [2.45, 2.75) is 40.7 Å². The summed E-state index contributed by atoms with van der Waals surface area (Å²) in [5.74, 6) is -1.42. The lowest BCUT2D eigenvalue weighted by molar-refractivity contribution is -0.145. The van der Waals surface area contributed by atoms with E-state index in [-0.39, 0.29) is 24.2 Å². The quantitative estimate of drug-likeness (QED) is 0.579. The van der Waals surface area contributed by atoms with Crippen molar-refractivity contribution in [3.05, 3.63) is 58.4 Å². The number of esters is 1. The Balaban J connectivity index is 2.02. The summed E-state index contributed by atoms with van der Waals surface area (Å²) in [6, 6.07) is 8.04. The third-order valence-corrected chi connectivity index (χ3v) is 4.39. The lowest BCUT2D eigenvalue weighted by atomic mass is 10.0. The van der Waals surface area contributed by atoms with E-state index in [4.69, 9.17) is 4.74 Å². The highest BCUT2D eigenvalue weighted by atomic mass is 16.5. The number of rotatable bonds is 7. The summed E-state index contributed by atoms with van der Waals surface area (Å²) in [7, 11) is 0. The molecule has 2 aromatic rings. The third kappa shape index (κ3) is 5.06. The second-order valence-electron chi connectivity index (χ2n) is 7.03. The van der Waals surface area contributed by atoms with Crippen molar-refractivity contribution in [1.29, 1.82) is 0 Å². The number of aromatic amines is 1. The fourth-order valence-electron chi connectivity index (χ4n) is 2.86. The van der Waals surface area contributed by atoms with E-state index in [2.05, 4.69) is 10.3 Å². The zero-order valence-electron chi connectivity index (χ0n) is 16.4. The lowest BCUT2D eigenvalue weighted by Gasteiger charge is -2.21. The van der Waals surface area contributed by atoms with Gasteiger partial charge in [0.2, 0.25) is 5.78 Å². The predicted molar refractivity (Wildman–Crippen MR) is 103 cm³/mol. The number of aryl methyl sites for hydroxylation is 3. The molecule has 0 saturated carbocycles. The molecule has 0 aliphatic rings. The molecule has 1 aromatic heterocycles. The lowest BCUT2D eigenvalue weighted by Crippen LogP contribution is -2.45. The molecule has 6 nitrogen and oxygen atoms in total. The molecule has 2 rings (SSSR count). The number of ether oxygens (including phenoxy) is 1. The van der Waals surface area contributed by atoms with Gasteiger partial charge >= 0.3 is 5.97 Å². The summed E-state index contributed by atoms with van der Waals surface area (Å²) in [6.07, 6.45) is 0. The molecule has 0 radical (unpaired) electrons. The Bertz CT molecular complexity index is 852. The monoisotopic (exact) mass is 370 g/mol. The van der Waals surface area contributed by atoms with Crippen LogP contribution in [-0.4, -0.2) is 35.3 Å². The van der Waals surface area contributed by atoms with E-state index in [9.17, 15) is 14.4 Å². The highest BCUT2D eigenvalue weighted by molar-refractivity contribution is 6.00. The highest BCUT2D eigenvalue weighted by Crippen LogP contribution is 2.12. The number of nitrogens with one attached hydrogen (secondary N) is 2. The number of hydrogen-bond acceptors (Lipinski definition) is 4. The number of Topliss-reactive ketones (excluding diaryl/α,β-unsaturated/α-hetero) is 1. The minimum Gasteiger partial charge on any atom is -0.456 e. The van der Waals surface area contributed by atoms with Gasteiger partial charge in [0, 0.05) is 22.5 Å². The fourth-order valence-corrected chi connectivity index (χ4v) is 2.86. The van der Waals surface area contributed by atoms with Crippen LogP contribution in [0.5, 0.6) is 0 Å². The van der Waals surface area contributed by atoms with Gasteiger partial charge in [0.25, 0.3) is 5.91 Å². The number of ketones is 1. The number of carbonyl (C=O) groups excluding carboxylic acids is 3. The largest absolute Gasteiger partial charge is 0.456 e. The molecule has 27 heavy (non-hydrogen) atoms. The van der Waals surface area contributed by atoms with E-state index in [1.54, 1.807) is 25.1 Å². The van der Waals surface area contributed by atoms with Crippen molar-refractivity contribution in [3.8, 4) is 0 Å². The molecule has 1 atom stereocenters. The van der Waals surface area contributed by atoms with Crippen molar-refractivity contribution in [2.75, 3.05) is 6.61 Å². The standard InChI is InChI=1S/C21H26N2O4/c1-12(2)19(23-20(25)16-9-7-6-8-13(16)3)21(26)27-11-18(24)17-10-14(4)22-15(17)5/h6-10,12,19,22H,11H2,1-5H3,(H,23,25)/t19-/m0/s1. The zero-order valence-corrected chi connectivity index (χ0v) is 16.4. The number of H-pyrrole nitrogens is 1. The molecule has 1 heterocycles. The Morgan fingerprint density at radius 1 is 1.07 bits per heavy atom. The molecule has 1 aromatic carbocycles. The maximum absolute atomic E-state index is 12.5. The van der Waals surface area contributed by atoms with Gasteiger partial charge in [0.15, 0.2) is 6.61 Å². The van der Waals surface area contributed by atoms with Crippen molar-refractivity contribution in [2.24, 2.45) is 5.92 Å². The average Bonchev–Trinajstić information content (AvgIpc) is 2.95. The Hall–Kier alpha value is -2.89. The molecule has 0 spiro atoms. The molecular formula is C21H26N2O4. The van der Waals surface area contributed by atoms with Gasteiger partial charge in [-0.1, -0.05) is 32.0 Å². The summed E-state index contributed by atoms with van der Waals surface area (Å²) in [5, 5.41) is 2.72. The molecule has 0 unspecified atom stereocenters. The van der Waals surface area contributed by atoms with Gasteiger partial charge in [0.1, 0.15) is 6.04 Å². The SMILES string of the molecule is Cc1cc(C(=O)COC(=O)[C@@H](NC(=O)c2ccccc2C)C(C)C)c(C)[nH]1. The highest BCUT2D eigenvalue weighted by Gasteiger charge is 2.27. The minimum absolute atomic E-state index is 0.184. The van der Waals surface area contributed by atoms with Crippen molar-refractivity contribution in [3.63, 3.8) is 0 Å². The van der Waals surface area contributed by atoms with Gasteiger partial charge in [-0.15, -0.1) is 0 Å². The number of carbonyl (C=O) groups is 3. The van der Waals surface area contributed by atoms with Crippen LogP contribution in [0.15, 0.2) is 30.3 Å². The molecule has 0 fully saturated rings. The summed E-state index contributed by atoms with van der Waals surface area (Å²) in [4.78, 5) is 40.3. The molecule has 0 aliphatic heterocycles. The van der Waals surface area contributed by atoms with Crippen LogP contribution >= 0.6 is 0 Å². The molecule has 0 saturated heterocycles. The fraction of sp³-hybridized carbons (Fsp3) is 0.381. The van der Waals surface area contributed by atoms with Crippen LogP contribution in [0.4, 0.5) is 0 Å². The maximum Gasteiger partial charge on any atom is 0.329 e. The zero-order chi connectivity index (χ0) is 20.1. The summed E-state index contributed by atoms with van der Waals surface area (Å²) in [5.41, 5.74) is 3.43. The van der Waals surface area contributed by atoms with E-state index in [0.29, 0.717) is 11.1 Å². The Kier molecular flexibility index (Phi) is 6.55. The first-order valence-corrected chi connectivity index (χ1v) is 8.93. The average molecular weight is 370 g/mol. The second kappa shape index (κ2) is 8.66. The van der Waals surface area contributed by atoms with Crippen LogP contribution in [0, 0.1) is 26.7 Å². The van der Waals surface area contributed by atoms with E-state index < -0.39 is 12.0 Å². The van der Waals surface area contributed by atoms with Gasteiger partial charge in [-0.05, 0) is 44.4 Å². The predicted octanol–water partition coefficient (Wildman–Crippen LogP) is 3.12. The summed E-state index contributed by atoms with van der Waals surface area (Å²) in [6.45, 7) is 8.74. The second-order valence-corrected chi connectivity index (χ2v) is 7.03. The number of aromatic nitrogens is 1. The minimum atomic E-state index is -0.834. The third-order valence-electron chi connectivity index (χ3n) is 4.39. The topological polar surface area (TPSA) is 88.3 Å². The number of amides is 1. The number of benzene rings is 1. The smallest absolute Gasteiger partial charge is 0.329 e. The van der Waals surface area contributed by atoms with Crippen LogP contribution in [0.1, 0.15) is 51.5 Å². The van der Waals surface area contributed by atoms with Gasteiger partial charge < -0.3 is 15.0 Å². The Morgan fingerprint density at radius 3 is 2.30 bits per heavy atom. The molecule has 2 N–H and O–H groups in total. The summed E-state index contributed by atoms with van der Waals surface area (Å²) >= 11 is 0. The van der Waals surface area contributed by atoms with Crippen LogP contribution in [0.25, 0.3) is 0 Å². The first kappa shape index (κ1) is 20.4. The first-order valence-electron chi connectivity index (χ1n) is 8.93. The van der Waals surface area contributed by atoms with Crippen LogP contribution in [-0.2, 0) is 9.53 Å². The molecule has 0 bridgehead atoms. The van der Waals surface area contributed by atoms with Gasteiger partial charge in [-0.2, -0.15) is 0 Å². The number of hydrogen-bond donors (Lipinski definition) is 2. The van der Waals surface area contributed by atoms with E-state index >= 15 is 0 Å². The van der Waals surface area contributed by atoms with Crippen molar-refractivity contribution >= 4 is 17.7 Å². The molecule has 144 valence electrons. The van der Waals surface area contributed by atoms with Gasteiger partial charge in [0.05, 0.1) is 0 Å². The van der Waals surface area contributed by atoms with E-state index in [1.807, 2.05) is 39.8 Å². The normalized spacial score (nSPS) is 11.9. The van der Waals surface area contributed by atoms with Crippen molar-refractivity contribution in [1.82, 2.24) is 10.3 Å². The van der Waals surface area contributed by atoms with Crippen LogP contribution in [0.3, 0.4) is 0 Å². The summed E-state index contributed by atoms with van der Waals surface area (Å²) < 4.78 is 5.20. The van der Waals surface area contributed by atoms with E-state index in [0.717, 1.165) is 17.0 Å².